The SMILES string of the molecule is O=c1ccc(Cl)nn1-c1ccc(Br)cc1. The van der Waals surface area contributed by atoms with Crippen molar-refractivity contribution in [3.63, 3.8) is 0 Å². The first-order valence-corrected chi connectivity index (χ1v) is 5.36. The topological polar surface area (TPSA) is 34.9 Å². The summed E-state index contributed by atoms with van der Waals surface area (Å²) >= 11 is 9.04. The standard InChI is InChI=1S/C10H6BrClN2O/c11-7-1-3-8(4-2-7)14-10(15)6-5-9(12)13-14/h1-6H. The molecule has 0 fully saturated rings. The molecule has 5 heteroatoms. The highest BCUT2D eigenvalue weighted by Gasteiger charge is 2.01. The van der Waals surface area contributed by atoms with Crippen molar-refractivity contribution < 1.29 is 0 Å². The maximum absolute atomic E-state index is 11.5. The van der Waals surface area contributed by atoms with Crippen molar-refractivity contribution in [3.05, 3.63) is 56.4 Å². The zero-order valence-electron chi connectivity index (χ0n) is 7.52. The monoisotopic (exact) mass is 284 g/mol. The molecule has 0 spiro atoms. The van der Waals surface area contributed by atoms with Crippen LogP contribution in [0, 0.1) is 0 Å². The Bertz CT molecular complexity index is 536. The number of aromatic nitrogens is 2. The van der Waals surface area contributed by atoms with Crippen molar-refractivity contribution in [1.29, 1.82) is 0 Å². The van der Waals surface area contributed by atoms with Crippen LogP contribution in [0.5, 0.6) is 0 Å². The normalized spacial score (nSPS) is 10.3. The van der Waals surface area contributed by atoms with Crippen molar-refractivity contribution in [2.24, 2.45) is 0 Å². The number of rotatable bonds is 1. The molecular weight excluding hydrogens is 279 g/mol. The van der Waals surface area contributed by atoms with Crippen LogP contribution in [-0.4, -0.2) is 9.78 Å². The number of benzene rings is 1. The van der Waals surface area contributed by atoms with Crippen LogP contribution in [0.15, 0.2) is 45.7 Å². The van der Waals surface area contributed by atoms with E-state index in [1.165, 1.54) is 16.8 Å². The molecule has 0 atom stereocenters. The Morgan fingerprint density at radius 1 is 1.13 bits per heavy atom. The van der Waals surface area contributed by atoms with Gasteiger partial charge in [-0.05, 0) is 30.3 Å². The van der Waals surface area contributed by atoms with Gasteiger partial charge in [0.15, 0.2) is 0 Å². The molecule has 0 radical (unpaired) electrons. The summed E-state index contributed by atoms with van der Waals surface area (Å²) in [5, 5.41) is 4.22. The van der Waals surface area contributed by atoms with Gasteiger partial charge in [0.25, 0.3) is 5.56 Å². The van der Waals surface area contributed by atoms with E-state index in [2.05, 4.69) is 21.0 Å². The molecule has 2 aromatic rings. The predicted molar refractivity (Wildman–Crippen MR) is 62.5 cm³/mol. The fourth-order valence-corrected chi connectivity index (χ4v) is 1.56. The molecule has 0 saturated heterocycles. The first-order valence-electron chi connectivity index (χ1n) is 4.18. The van der Waals surface area contributed by atoms with E-state index < -0.39 is 0 Å². The van der Waals surface area contributed by atoms with E-state index in [1.807, 2.05) is 12.1 Å². The molecule has 0 aliphatic carbocycles. The molecule has 2 rings (SSSR count). The molecule has 0 unspecified atom stereocenters. The molecule has 3 nitrogen and oxygen atoms in total. The fraction of sp³-hybridized carbons (Fsp3) is 0. The van der Waals surface area contributed by atoms with Gasteiger partial charge in [-0.15, -0.1) is 0 Å². The second-order valence-electron chi connectivity index (χ2n) is 2.88. The highest BCUT2D eigenvalue weighted by molar-refractivity contribution is 9.10. The third-order valence-electron chi connectivity index (χ3n) is 1.84. The second kappa shape index (κ2) is 4.16. The summed E-state index contributed by atoms with van der Waals surface area (Å²) in [5.41, 5.74) is 0.479. The van der Waals surface area contributed by atoms with E-state index in [0.29, 0.717) is 5.69 Å². The molecule has 15 heavy (non-hydrogen) atoms. The lowest BCUT2D eigenvalue weighted by molar-refractivity contribution is 0.807. The maximum Gasteiger partial charge on any atom is 0.271 e. The van der Waals surface area contributed by atoms with Gasteiger partial charge in [0.1, 0.15) is 5.15 Å². The second-order valence-corrected chi connectivity index (χ2v) is 4.19. The third kappa shape index (κ3) is 2.27. The van der Waals surface area contributed by atoms with Crippen LogP contribution in [0.3, 0.4) is 0 Å². The third-order valence-corrected chi connectivity index (χ3v) is 2.57. The van der Waals surface area contributed by atoms with Crippen LogP contribution in [0.25, 0.3) is 5.69 Å². The average molecular weight is 286 g/mol. The van der Waals surface area contributed by atoms with Crippen LogP contribution in [0.2, 0.25) is 5.15 Å². The van der Waals surface area contributed by atoms with Crippen LogP contribution in [0.4, 0.5) is 0 Å². The number of halogens is 2. The Balaban J connectivity index is 2.58. The van der Waals surface area contributed by atoms with Gasteiger partial charge in [-0.3, -0.25) is 4.79 Å². The Hall–Kier alpha value is -1.13. The molecule has 0 N–H and O–H groups in total. The van der Waals surface area contributed by atoms with E-state index in [1.54, 1.807) is 12.1 Å². The number of hydrogen-bond acceptors (Lipinski definition) is 2. The largest absolute Gasteiger partial charge is 0.271 e. The van der Waals surface area contributed by atoms with Gasteiger partial charge in [0.2, 0.25) is 0 Å². The minimum Gasteiger partial charge on any atom is -0.267 e. The van der Waals surface area contributed by atoms with Gasteiger partial charge in [-0.25, -0.2) is 0 Å². The van der Waals surface area contributed by atoms with Crippen molar-refractivity contribution in [3.8, 4) is 5.69 Å². The van der Waals surface area contributed by atoms with Crippen LogP contribution < -0.4 is 5.56 Å². The first-order chi connectivity index (χ1) is 7.16. The molecule has 0 aliphatic heterocycles. The minimum absolute atomic E-state index is 0.207. The summed E-state index contributed by atoms with van der Waals surface area (Å²) < 4.78 is 2.20. The molecule has 0 aliphatic rings. The molecule has 0 amide bonds. The van der Waals surface area contributed by atoms with Gasteiger partial charge >= 0.3 is 0 Å². The lowest BCUT2D eigenvalue weighted by Gasteiger charge is -2.03. The molecular formula is C10H6BrClN2O. The lowest BCUT2D eigenvalue weighted by Crippen LogP contribution is -2.19. The zero-order chi connectivity index (χ0) is 10.8. The maximum atomic E-state index is 11.5. The summed E-state index contributed by atoms with van der Waals surface area (Å²) in [6, 6.07) is 10.1. The van der Waals surface area contributed by atoms with E-state index >= 15 is 0 Å². The molecule has 1 heterocycles. The van der Waals surface area contributed by atoms with E-state index in [0.717, 1.165) is 4.47 Å². The van der Waals surface area contributed by atoms with Crippen LogP contribution in [0.1, 0.15) is 0 Å². The summed E-state index contributed by atoms with van der Waals surface area (Å²) in [4.78, 5) is 11.5. The zero-order valence-corrected chi connectivity index (χ0v) is 9.86. The molecule has 76 valence electrons. The number of nitrogens with zero attached hydrogens (tertiary/aromatic N) is 2. The van der Waals surface area contributed by atoms with E-state index in [4.69, 9.17) is 11.6 Å². The van der Waals surface area contributed by atoms with Crippen molar-refractivity contribution in [2.75, 3.05) is 0 Å². The smallest absolute Gasteiger partial charge is 0.267 e. The van der Waals surface area contributed by atoms with Crippen molar-refractivity contribution >= 4 is 27.5 Å². The summed E-state index contributed by atoms with van der Waals surface area (Å²) in [7, 11) is 0. The summed E-state index contributed by atoms with van der Waals surface area (Å²) in [6.45, 7) is 0. The van der Waals surface area contributed by atoms with E-state index in [-0.39, 0.29) is 10.7 Å². The molecule has 0 saturated carbocycles. The molecule has 1 aromatic heterocycles. The quantitative estimate of drug-likeness (QED) is 0.807. The molecule has 0 bridgehead atoms. The van der Waals surface area contributed by atoms with Gasteiger partial charge in [0.05, 0.1) is 5.69 Å². The van der Waals surface area contributed by atoms with Gasteiger partial charge in [-0.1, -0.05) is 27.5 Å². The summed E-state index contributed by atoms with van der Waals surface area (Å²) in [6.07, 6.45) is 0. The average Bonchev–Trinajstić information content (AvgIpc) is 2.23. The fourth-order valence-electron chi connectivity index (χ4n) is 1.16. The Labute approximate surface area is 99.4 Å². The van der Waals surface area contributed by atoms with Crippen LogP contribution >= 0.6 is 27.5 Å². The van der Waals surface area contributed by atoms with Gasteiger partial charge < -0.3 is 0 Å². The van der Waals surface area contributed by atoms with Gasteiger partial charge in [-0.2, -0.15) is 9.78 Å². The number of hydrogen-bond donors (Lipinski definition) is 0. The van der Waals surface area contributed by atoms with Crippen LogP contribution in [-0.2, 0) is 0 Å². The highest BCUT2D eigenvalue weighted by atomic mass is 79.9. The Kier molecular flexibility index (Phi) is 2.88. The Morgan fingerprint density at radius 2 is 1.80 bits per heavy atom. The predicted octanol–water partition coefficient (Wildman–Crippen LogP) is 2.65. The summed E-state index contributed by atoms with van der Waals surface area (Å²) in [5.74, 6) is 0. The molecule has 1 aromatic carbocycles. The first kappa shape index (κ1) is 10.4. The Morgan fingerprint density at radius 3 is 2.47 bits per heavy atom. The minimum atomic E-state index is -0.207. The lowest BCUT2D eigenvalue weighted by atomic mass is 10.3. The van der Waals surface area contributed by atoms with Crippen molar-refractivity contribution in [2.45, 2.75) is 0 Å². The van der Waals surface area contributed by atoms with Crippen molar-refractivity contribution in [1.82, 2.24) is 9.78 Å². The van der Waals surface area contributed by atoms with Gasteiger partial charge in [0, 0.05) is 10.5 Å². The highest BCUT2D eigenvalue weighted by Crippen LogP contribution is 2.12. The van der Waals surface area contributed by atoms with E-state index in [9.17, 15) is 4.79 Å².